The van der Waals surface area contributed by atoms with E-state index < -0.39 is 8.60 Å². The molecule has 1 heterocycles. The van der Waals surface area contributed by atoms with E-state index in [0.717, 1.165) is 12.8 Å². The fourth-order valence-electron chi connectivity index (χ4n) is 0.880. The average Bonchev–Trinajstić information content (AvgIpc) is 2.02. The molecular weight excluding hydrogens is 151 g/mol. The fourth-order valence-corrected chi connectivity index (χ4v) is 1.53. The van der Waals surface area contributed by atoms with Gasteiger partial charge < -0.3 is 13.9 Å². The van der Waals surface area contributed by atoms with Crippen LogP contribution in [0.4, 0.5) is 0 Å². The minimum absolute atomic E-state index is 0.641. The summed E-state index contributed by atoms with van der Waals surface area (Å²) >= 11 is 0. The predicted octanol–water partition coefficient (Wildman–Crippen LogP) is 1.81. The van der Waals surface area contributed by atoms with E-state index in [4.69, 9.17) is 13.9 Å². The molecule has 1 saturated heterocycles. The molecular formula is C6H13O3P. The van der Waals surface area contributed by atoms with Gasteiger partial charge in [-0.2, -0.15) is 0 Å². The first-order chi connectivity index (χ1) is 4.89. The first-order valence-electron chi connectivity index (χ1n) is 3.64. The molecule has 0 aromatic rings. The van der Waals surface area contributed by atoms with Gasteiger partial charge >= 0.3 is 8.60 Å². The molecule has 1 fully saturated rings. The van der Waals surface area contributed by atoms with Gasteiger partial charge in [-0.3, -0.25) is 0 Å². The summed E-state index contributed by atoms with van der Waals surface area (Å²) < 4.78 is 9.92. The Hall–Kier alpha value is 0.310. The lowest BCUT2D eigenvalue weighted by molar-refractivity contribution is 0.206. The topological polar surface area (TPSA) is 38.7 Å². The van der Waals surface area contributed by atoms with E-state index in [0.29, 0.717) is 13.2 Å². The summed E-state index contributed by atoms with van der Waals surface area (Å²) in [6, 6.07) is 0. The van der Waals surface area contributed by atoms with Crippen LogP contribution in [0.2, 0.25) is 0 Å². The van der Waals surface area contributed by atoms with Crippen molar-refractivity contribution in [3.8, 4) is 0 Å². The molecule has 0 aliphatic carbocycles. The van der Waals surface area contributed by atoms with E-state index in [9.17, 15) is 0 Å². The summed E-state index contributed by atoms with van der Waals surface area (Å²) in [5.74, 6) is 0. The largest absolute Gasteiger partial charge is 0.329 e. The van der Waals surface area contributed by atoms with Gasteiger partial charge in [0.25, 0.3) is 0 Å². The van der Waals surface area contributed by atoms with Crippen LogP contribution >= 0.6 is 8.60 Å². The van der Waals surface area contributed by atoms with E-state index in [1.165, 1.54) is 12.8 Å². The van der Waals surface area contributed by atoms with Crippen LogP contribution in [0, 0.1) is 0 Å². The van der Waals surface area contributed by atoms with Gasteiger partial charge in [0, 0.05) is 0 Å². The third-order valence-corrected chi connectivity index (χ3v) is 2.25. The van der Waals surface area contributed by atoms with Gasteiger partial charge in [-0.25, -0.2) is 0 Å². The third-order valence-electron chi connectivity index (χ3n) is 1.44. The maximum absolute atomic E-state index is 8.96. The monoisotopic (exact) mass is 164 g/mol. The van der Waals surface area contributed by atoms with Crippen LogP contribution in [-0.2, 0) is 9.05 Å². The Morgan fingerprint density at radius 1 is 0.900 bits per heavy atom. The van der Waals surface area contributed by atoms with E-state index >= 15 is 0 Å². The Labute approximate surface area is 62.3 Å². The van der Waals surface area contributed by atoms with Gasteiger partial charge in [-0.15, -0.1) is 0 Å². The van der Waals surface area contributed by atoms with Crippen LogP contribution in [0.5, 0.6) is 0 Å². The highest BCUT2D eigenvalue weighted by Gasteiger charge is 2.07. The quantitative estimate of drug-likeness (QED) is 0.555. The Balaban J connectivity index is 2.15. The summed E-state index contributed by atoms with van der Waals surface area (Å²) in [6.45, 7) is 1.28. The Morgan fingerprint density at radius 2 is 1.40 bits per heavy atom. The summed E-state index contributed by atoms with van der Waals surface area (Å²) in [7, 11) is -1.55. The molecule has 0 aromatic heterocycles. The highest BCUT2D eigenvalue weighted by molar-refractivity contribution is 7.40. The molecule has 0 unspecified atom stereocenters. The van der Waals surface area contributed by atoms with Crippen LogP contribution in [0.25, 0.3) is 0 Å². The van der Waals surface area contributed by atoms with Crippen molar-refractivity contribution < 1.29 is 13.9 Å². The molecule has 10 heavy (non-hydrogen) atoms. The highest BCUT2D eigenvalue weighted by atomic mass is 31.2. The standard InChI is InChI=1S/C6H13O3P/c7-10-8-5-3-1-2-4-6-9-10/h7H,1-6H2. The smallest absolute Gasteiger partial charge is 0.328 e. The minimum atomic E-state index is -1.55. The van der Waals surface area contributed by atoms with E-state index in [2.05, 4.69) is 0 Å². The van der Waals surface area contributed by atoms with Crippen LogP contribution in [0.1, 0.15) is 25.7 Å². The van der Waals surface area contributed by atoms with Crippen molar-refractivity contribution in [2.24, 2.45) is 0 Å². The molecule has 1 N–H and O–H groups in total. The van der Waals surface area contributed by atoms with Gasteiger partial charge in [0.05, 0.1) is 13.2 Å². The fraction of sp³-hybridized carbons (Fsp3) is 1.00. The maximum atomic E-state index is 8.96. The number of hydrogen-bond donors (Lipinski definition) is 1. The van der Waals surface area contributed by atoms with Crippen molar-refractivity contribution in [1.82, 2.24) is 0 Å². The van der Waals surface area contributed by atoms with Crippen LogP contribution in [0.3, 0.4) is 0 Å². The van der Waals surface area contributed by atoms with Gasteiger partial charge in [-0.05, 0) is 12.8 Å². The normalized spacial score (nSPS) is 24.9. The summed E-state index contributed by atoms with van der Waals surface area (Å²) in [5, 5.41) is 0. The van der Waals surface area contributed by atoms with Crippen LogP contribution in [0.15, 0.2) is 0 Å². The van der Waals surface area contributed by atoms with Crippen molar-refractivity contribution in [1.29, 1.82) is 0 Å². The second kappa shape index (κ2) is 5.03. The molecule has 0 spiro atoms. The summed E-state index contributed by atoms with van der Waals surface area (Å²) in [5.41, 5.74) is 0. The molecule has 3 nitrogen and oxygen atoms in total. The number of hydrogen-bond acceptors (Lipinski definition) is 3. The Morgan fingerprint density at radius 3 is 1.90 bits per heavy atom. The van der Waals surface area contributed by atoms with Gasteiger partial charge in [0.2, 0.25) is 0 Å². The van der Waals surface area contributed by atoms with Crippen molar-refractivity contribution >= 4 is 8.60 Å². The molecule has 0 bridgehead atoms. The predicted molar refractivity (Wildman–Crippen MR) is 39.5 cm³/mol. The van der Waals surface area contributed by atoms with Gasteiger partial charge in [0.1, 0.15) is 0 Å². The molecule has 1 aliphatic heterocycles. The van der Waals surface area contributed by atoms with E-state index in [1.807, 2.05) is 0 Å². The summed E-state index contributed by atoms with van der Waals surface area (Å²) in [4.78, 5) is 8.96. The van der Waals surface area contributed by atoms with Crippen LogP contribution < -0.4 is 0 Å². The zero-order chi connectivity index (χ0) is 7.23. The zero-order valence-electron chi connectivity index (χ0n) is 5.95. The molecule has 0 saturated carbocycles. The van der Waals surface area contributed by atoms with Crippen LogP contribution in [-0.4, -0.2) is 18.1 Å². The zero-order valence-corrected chi connectivity index (χ0v) is 6.85. The Kier molecular flexibility index (Phi) is 4.23. The number of rotatable bonds is 0. The Bertz CT molecular complexity index is 79.1. The minimum Gasteiger partial charge on any atom is -0.328 e. The van der Waals surface area contributed by atoms with Crippen molar-refractivity contribution in [2.75, 3.05) is 13.2 Å². The highest BCUT2D eigenvalue weighted by Crippen LogP contribution is 2.33. The van der Waals surface area contributed by atoms with Crippen molar-refractivity contribution in [3.05, 3.63) is 0 Å². The molecule has 4 heteroatoms. The van der Waals surface area contributed by atoms with Crippen molar-refractivity contribution in [3.63, 3.8) is 0 Å². The van der Waals surface area contributed by atoms with Crippen molar-refractivity contribution in [2.45, 2.75) is 25.7 Å². The molecule has 0 aromatic carbocycles. The third kappa shape index (κ3) is 3.47. The van der Waals surface area contributed by atoms with Gasteiger partial charge in [0.15, 0.2) is 0 Å². The lowest BCUT2D eigenvalue weighted by Crippen LogP contribution is -1.90. The van der Waals surface area contributed by atoms with E-state index in [1.54, 1.807) is 0 Å². The second-order valence-electron chi connectivity index (χ2n) is 2.32. The lowest BCUT2D eigenvalue weighted by atomic mass is 10.2. The van der Waals surface area contributed by atoms with Gasteiger partial charge in [-0.1, -0.05) is 12.8 Å². The summed E-state index contributed by atoms with van der Waals surface area (Å²) in [6.07, 6.45) is 4.46. The first-order valence-corrected chi connectivity index (χ1v) is 4.77. The molecule has 0 amide bonds. The van der Waals surface area contributed by atoms with E-state index in [-0.39, 0.29) is 0 Å². The average molecular weight is 164 g/mol. The second-order valence-corrected chi connectivity index (χ2v) is 3.31. The molecule has 1 aliphatic rings. The molecule has 0 radical (unpaired) electrons. The molecule has 0 atom stereocenters. The molecule has 60 valence electrons. The maximum Gasteiger partial charge on any atom is 0.329 e. The first kappa shape index (κ1) is 8.41. The molecule has 1 rings (SSSR count). The lowest BCUT2D eigenvalue weighted by Gasteiger charge is -2.06. The SMILES string of the molecule is OP1OCCCCCCO1.